The Hall–Kier alpha value is -2.19. The van der Waals surface area contributed by atoms with Crippen molar-refractivity contribution in [1.29, 1.82) is 0 Å². The Morgan fingerprint density at radius 1 is 0.724 bits per heavy atom. The zero-order valence-corrected chi connectivity index (χ0v) is 17.0. The molecule has 1 aliphatic heterocycles. The van der Waals surface area contributed by atoms with E-state index in [9.17, 15) is 4.79 Å². The van der Waals surface area contributed by atoms with E-state index in [1.807, 2.05) is 13.0 Å². The molecule has 1 aromatic carbocycles. The van der Waals surface area contributed by atoms with Crippen molar-refractivity contribution in [2.75, 3.05) is 66.1 Å². The number of allylic oxidation sites excluding steroid dienone is 4. The molecule has 29 heavy (non-hydrogen) atoms. The van der Waals surface area contributed by atoms with Crippen LogP contribution in [0.2, 0.25) is 0 Å². The first-order valence-electron chi connectivity index (χ1n) is 9.85. The summed E-state index contributed by atoms with van der Waals surface area (Å²) in [6.45, 7) is 6.44. The monoisotopic (exact) mass is 406 g/mol. The molecule has 0 saturated carbocycles. The van der Waals surface area contributed by atoms with Crippen molar-refractivity contribution in [1.82, 2.24) is 0 Å². The van der Waals surface area contributed by atoms with Crippen LogP contribution in [0.4, 0.5) is 0 Å². The Morgan fingerprint density at radius 3 is 1.79 bits per heavy atom. The van der Waals surface area contributed by atoms with Crippen LogP contribution >= 0.6 is 0 Å². The molecule has 0 N–H and O–H groups in total. The van der Waals surface area contributed by atoms with Gasteiger partial charge in [0.1, 0.15) is 13.2 Å². The molecule has 0 spiro atoms. The number of hydrogen-bond acceptors (Lipinski definition) is 7. The van der Waals surface area contributed by atoms with Crippen LogP contribution in [0.3, 0.4) is 0 Å². The lowest BCUT2D eigenvalue weighted by atomic mass is 10.1. The smallest absolute Gasteiger partial charge is 0.185 e. The number of rotatable bonds is 3. The molecule has 1 aromatic rings. The summed E-state index contributed by atoms with van der Waals surface area (Å²) in [7, 11) is 0. The summed E-state index contributed by atoms with van der Waals surface area (Å²) in [6, 6.07) is 5.15. The molecule has 160 valence electrons. The van der Waals surface area contributed by atoms with Gasteiger partial charge in [-0.05, 0) is 31.2 Å². The van der Waals surface area contributed by atoms with Crippen molar-refractivity contribution in [3.05, 3.63) is 48.1 Å². The maximum atomic E-state index is 12.3. The number of fused-ring (bicyclic) bond motifs is 1. The Balaban J connectivity index is 2.00. The summed E-state index contributed by atoms with van der Waals surface area (Å²) in [5.41, 5.74) is 0.526. The van der Waals surface area contributed by atoms with Crippen LogP contribution in [-0.4, -0.2) is 71.9 Å². The van der Waals surface area contributed by atoms with Gasteiger partial charge in [0.05, 0.1) is 52.9 Å². The molecule has 0 aliphatic carbocycles. The molecule has 0 saturated heterocycles. The predicted molar refractivity (Wildman–Crippen MR) is 109 cm³/mol. The minimum atomic E-state index is -0.106. The third-order valence-electron chi connectivity index (χ3n) is 3.87. The zero-order chi connectivity index (χ0) is 20.6. The average molecular weight is 406 g/mol. The highest BCUT2D eigenvalue weighted by Crippen LogP contribution is 2.29. The fourth-order valence-corrected chi connectivity index (χ4v) is 2.43. The van der Waals surface area contributed by atoms with Gasteiger partial charge in [-0.15, -0.1) is 0 Å². The summed E-state index contributed by atoms with van der Waals surface area (Å²) in [5, 5.41) is 0. The maximum Gasteiger partial charge on any atom is 0.185 e. The topological polar surface area (TPSA) is 72.5 Å². The molecule has 1 aliphatic rings. The van der Waals surface area contributed by atoms with Crippen molar-refractivity contribution in [3.63, 3.8) is 0 Å². The maximum absolute atomic E-state index is 12.3. The second kappa shape index (κ2) is 14.8. The van der Waals surface area contributed by atoms with Crippen LogP contribution in [0, 0.1) is 0 Å². The Morgan fingerprint density at radius 2 is 1.24 bits per heavy atom. The van der Waals surface area contributed by atoms with E-state index in [2.05, 4.69) is 0 Å². The molecule has 0 bridgehead atoms. The van der Waals surface area contributed by atoms with E-state index in [0.717, 1.165) is 0 Å². The number of carbonyl (C=O) groups is 1. The minimum absolute atomic E-state index is 0.106. The van der Waals surface area contributed by atoms with Crippen LogP contribution < -0.4 is 9.47 Å². The van der Waals surface area contributed by atoms with Crippen molar-refractivity contribution in [2.45, 2.75) is 6.92 Å². The van der Waals surface area contributed by atoms with Gasteiger partial charge in [-0.3, -0.25) is 4.79 Å². The van der Waals surface area contributed by atoms with Crippen LogP contribution in [0.15, 0.2) is 42.5 Å². The van der Waals surface area contributed by atoms with E-state index >= 15 is 0 Å². The zero-order valence-electron chi connectivity index (χ0n) is 17.0. The fraction of sp³-hybridized carbons (Fsp3) is 0.500. The lowest BCUT2D eigenvalue weighted by Gasteiger charge is -2.14. The number of ether oxygens (including phenoxy) is 6. The molecule has 7 nitrogen and oxygen atoms in total. The van der Waals surface area contributed by atoms with Gasteiger partial charge in [0.15, 0.2) is 17.3 Å². The first kappa shape index (κ1) is 23.1. The van der Waals surface area contributed by atoms with Crippen LogP contribution in [-0.2, 0) is 18.9 Å². The quantitative estimate of drug-likeness (QED) is 0.434. The molecule has 0 fully saturated rings. The van der Waals surface area contributed by atoms with Gasteiger partial charge in [-0.25, -0.2) is 0 Å². The van der Waals surface area contributed by atoms with Gasteiger partial charge in [0.2, 0.25) is 0 Å². The number of benzene rings is 1. The standard InChI is InChI=1S/C22H30O7/c1-2-3-4-5-20(23)19-6-7-21-22(18-19)29-17-15-27-13-11-25-9-8-24-10-12-26-14-16-28-21/h2-7,18H,8-17H2,1H3/b3-2+,5-4+. The summed E-state index contributed by atoms with van der Waals surface area (Å²) >= 11 is 0. The van der Waals surface area contributed by atoms with Crippen molar-refractivity contribution in [2.24, 2.45) is 0 Å². The van der Waals surface area contributed by atoms with Gasteiger partial charge < -0.3 is 28.4 Å². The largest absolute Gasteiger partial charge is 0.487 e. The molecule has 0 amide bonds. The first-order valence-corrected chi connectivity index (χ1v) is 9.85. The Labute approximate surface area is 172 Å². The van der Waals surface area contributed by atoms with Gasteiger partial charge in [-0.2, -0.15) is 0 Å². The number of ketones is 1. The van der Waals surface area contributed by atoms with Crippen LogP contribution in [0.25, 0.3) is 0 Å². The highest BCUT2D eigenvalue weighted by molar-refractivity contribution is 6.05. The van der Waals surface area contributed by atoms with Crippen molar-refractivity contribution >= 4 is 5.78 Å². The minimum Gasteiger partial charge on any atom is -0.487 e. The summed E-state index contributed by atoms with van der Waals surface area (Å²) in [5.74, 6) is 0.952. The normalized spacial score (nSPS) is 18.4. The first-order chi connectivity index (χ1) is 14.3. The molecule has 0 atom stereocenters. The summed E-state index contributed by atoms with van der Waals surface area (Å²) in [4.78, 5) is 12.3. The Bertz CT molecular complexity index is 655. The number of carbonyl (C=O) groups excluding carboxylic acids is 1. The van der Waals surface area contributed by atoms with E-state index in [1.165, 1.54) is 6.08 Å². The molecule has 0 radical (unpaired) electrons. The highest BCUT2D eigenvalue weighted by atomic mass is 16.6. The van der Waals surface area contributed by atoms with E-state index in [-0.39, 0.29) is 5.78 Å². The van der Waals surface area contributed by atoms with E-state index in [1.54, 1.807) is 30.4 Å². The fourth-order valence-electron chi connectivity index (χ4n) is 2.43. The summed E-state index contributed by atoms with van der Waals surface area (Å²) in [6.07, 6.45) is 6.89. The summed E-state index contributed by atoms with van der Waals surface area (Å²) < 4.78 is 33.4. The van der Waals surface area contributed by atoms with Gasteiger partial charge in [-0.1, -0.05) is 18.2 Å². The second-order valence-corrected chi connectivity index (χ2v) is 6.06. The highest BCUT2D eigenvalue weighted by Gasteiger charge is 2.11. The molecule has 0 unspecified atom stereocenters. The lowest BCUT2D eigenvalue weighted by molar-refractivity contribution is -0.00841. The van der Waals surface area contributed by atoms with Crippen LogP contribution in [0.5, 0.6) is 11.5 Å². The average Bonchev–Trinajstić information content (AvgIpc) is 2.73. The van der Waals surface area contributed by atoms with Gasteiger partial charge >= 0.3 is 0 Å². The van der Waals surface area contributed by atoms with Gasteiger partial charge in [0.25, 0.3) is 0 Å². The molecular weight excluding hydrogens is 376 g/mol. The molecule has 2 rings (SSSR count). The van der Waals surface area contributed by atoms with Gasteiger partial charge in [0, 0.05) is 5.56 Å². The number of hydrogen-bond donors (Lipinski definition) is 0. The Kier molecular flexibility index (Phi) is 11.8. The molecule has 1 heterocycles. The SMILES string of the molecule is C/C=C/C=C/C(=O)c1ccc2c(c1)OCCOCCOCCOCCOCCO2. The van der Waals surface area contributed by atoms with E-state index in [0.29, 0.717) is 83.1 Å². The molecule has 0 aromatic heterocycles. The molecular formula is C22H30O7. The van der Waals surface area contributed by atoms with Crippen molar-refractivity contribution in [3.8, 4) is 11.5 Å². The third-order valence-corrected chi connectivity index (χ3v) is 3.87. The van der Waals surface area contributed by atoms with E-state index in [4.69, 9.17) is 28.4 Å². The van der Waals surface area contributed by atoms with Crippen LogP contribution in [0.1, 0.15) is 17.3 Å². The predicted octanol–water partition coefficient (Wildman–Crippen LogP) is 2.84. The molecule has 7 heteroatoms. The second-order valence-electron chi connectivity index (χ2n) is 6.06. The third kappa shape index (κ3) is 9.71. The lowest BCUT2D eigenvalue weighted by Crippen LogP contribution is -2.16. The van der Waals surface area contributed by atoms with E-state index < -0.39 is 0 Å². The van der Waals surface area contributed by atoms with Crippen molar-refractivity contribution < 1.29 is 33.2 Å².